The van der Waals surface area contributed by atoms with Gasteiger partial charge in [0.1, 0.15) is 0 Å². The van der Waals surface area contributed by atoms with Crippen molar-refractivity contribution in [3.8, 4) is 0 Å². The molecule has 78 valence electrons. The van der Waals surface area contributed by atoms with Crippen molar-refractivity contribution in [2.75, 3.05) is 13.2 Å². The van der Waals surface area contributed by atoms with E-state index in [1.807, 2.05) is 0 Å². The van der Waals surface area contributed by atoms with Crippen LogP contribution in [0.1, 0.15) is 51.9 Å². The Balaban J connectivity index is 2.11. The fraction of sp³-hybridized carbons (Fsp3) is 1.00. The van der Waals surface area contributed by atoms with Crippen LogP contribution in [0.5, 0.6) is 0 Å². The highest BCUT2D eigenvalue weighted by Crippen LogP contribution is 2.13. The third-order valence-corrected chi connectivity index (χ3v) is 2.61. The zero-order valence-electron chi connectivity index (χ0n) is 8.76. The van der Waals surface area contributed by atoms with Crippen LogP contribution in [0, 0.1) is 5.92 Å². The van der Waals surface area contributed by atoms with Gasteiger partial charge in [0.15, 0.2) is 0 Å². The third kappa shape index (κ3) is 6.05. The summed E-state index contributed by atoms with van der Waals surface area (Å²) in [6.45, 7) is 3.77. The second kappa shape index (κ2) is 7.34. The molecule has 1 aliphatic rings. The lowest BCUT2D eigenvalue weighted by atomic mass is 10.0. The Hall–Kier alpha value is -0.0800. The topological polar surface area (TPSA) is 18.5 Å². The SMILES string of the molecule is CC1CCCCCCCCOOC1. The molecule has 0 N–H and O–H groups in total. The van der Waals surface area contributed by atoms with Crippen LogP contribution >= 0.6 is 0 Å². The van der Waals surface area contributed by atoms with E-state index in [-0.39, 0.29) is 0 Å². The molecule has 1 heterocycles. The first-order chi connectivity index (χ1) is 6.39. The Morgan fingerprint density at radius 1 is 0.846 bits per heavy atom. The van der Waals surface area contributed by atoms with Crippen LogP contribution in [0.2, 0.25) is 0 Å². The van der Waals surface area contributed by atoms with Gasteiger partial charge >= 0.3 is 0 Å². The van der Waals surface area contributed by atoms with E-state index in [0.29, 0.717) is 5.92 Å². The van der Waals surface area contributed by atoms with Gasteiger partial charge in [0.25, 0.3) is 0 Å². The number of hydrogen-bond acceptors (Lipinski definition) is 2. The molecule has 1 aliphatic heterocycles. The molecule has 0 radical (unpaired) electrons. The molecule has 0 bridgehead atoms. The molecule has 1 fully saturated rings. The van der Waals surface area contributed by atoms with Gasteiger partial charge in [0, 0.05) is 0 Å². The number of rotatable bonds is 0. The lowest BCUT2D eigenvalue weighted by Crippen LogP contribution is -2.08. The van der Waals surface area contributed by atoms with E-state index >= 15 is 0 Å². The first-order valence-electron chi connectivity index (χ1n) is 5.64. The van der Waals surface area contributed by atoms with Crippen molar-refractivity contribution in [3.63, 3.8) is 0 Å². The minimum atomic E-state index is 0.652. The summed E-state index contributed by atoms with van der Waals surface area (Å²) in [5.41, 5.74) is 0. The lowest BCUT2D eigenvalue weighted by molar-refractivity contribution is -0.301. The molecule has 0 saturated carbocycles. The zero-order valence-corrected chi connectivity index (χ0v) is 8.76. The molecule has 1 unspecified atom stereocenters. The maximum absolute atomic E-state index is 5.12. The molecule has 1 atom stereocenters. The second-order valence-corrected chi connectivity index (χ2v) is 4.12. The van der Waals surface area contributed by atoms with Crippen molar-refractivity contribution in [3.05, 3.63) is 0 Å². The van der Waals surface area contributed by atoms with Gasteiger partial charge in [-0.05, 0) is 18.8 Å². The first-order valence-corrected chi connectivity index (χ1v) is 5.64. The summed E-state index contributed by atoms with van der Waals surface area (Å²) in [6.07, 6.45) is 9.22. The Morgan fingerprint density at radius 3 is 2.38 bits per heavy atom. The average Bonchev–Trinajstić information content (AvgIpc) is 2.11. The van der Waals surface area contributed by atoms with Crippen molar-refractivity contribution < 1.29 is 9.78 Å². The largest absolute Gasteiger partial charge is 0.237 e. The van der Waals surface area contributed by atoms with Crippen molar-refractivity contribution >= 4 is 0 Å². The predicted molar refractivity (Wildman–Crippen MR) is 53.4 cm³/mol. The molecule has 2 heteroatoms. The maximum Gasteiger partial charge on any atom is 0.0847 e. The normalized spacial score (nSPS) is 28.8. The molecule has 0 aromatic heterocycles. The summed E-state index contributed by atoms with van der Waals surface area (Å²) in [4.78, 5) is 10.2. The Labute approximate surface area is 81.5 Å². The minimum Gasteiger partial charge on any atom is -0.237 e. The highest BCUT2D eigenvalue weighted by Gasteiger charge is 2.03. The molecule has 1 rings (SSSR count). The van der Waals surface area contributed by atoms with Gasteiger partial charge in [0.2, 0.25) is 0 Å². The molecule has 0 aromatic carbocycles. The summed E-state index contributed by atoms with van der Waals surface area (Å²) >= 11 is 0. The maximum atomic E-state index is 5.12. The van der Waals surface area contributed by atoms with Crippen molar-refractivity contribution in [2.24, 2.45) is 5.92 Å². The molecule has 0 spiro atoms. The smallest absolute Gasteiger partial charge is 0.0847 e. The van der Waals surface area contributed by atoms with Crippen LogP contribution in [-0.2, 0) is 9.78 Å². The van der Waals surface area contributed by atoms with Crippen molar-refractivity contribution in [1.82, 2.24) is 0 Å². The van der Waals surface area contributed by atoms with Gasteiger partial charge in [-0.1, -0.05) is 39.0 Å². The van der Waals surface area contributed by atoms with E-state index < -0.39 is 0 Å². The molecular weight excluding hydrogens is 164 g/mol. The van der Waals surface area contributed by atoms with Crippen LogP contribution in [0.15, 0.2) is 0 Å². The number of hydrogen-bond donors (Lipinski definition) is 0. The molecule has 0 amide bonds. The summed E-state index contributed by atoms with van der Waals surface area (Å²) in [5.74, 6) is 0.652. The molecule has 1 saturated heterocycles. The van der Waals surface area contributed by atoms with Crippen LogP contribution in [0.4, 0.5) is 0 Å². The van der Waals surface area contributed by atoms with Crippen LogP contribution in [0.25, 0.3) is 0 Å². The van der Waals surface area contributed by atoms with Gasteiger partial charge in [0.05, 0.1) is 13.2 Å². The Morgan fingerprint density at radius 2 is 1.54 bits per heavy atom. The molecular formula is C11H22O2. The summed E-state index contributed by atoms with van der Waals surface area (Å²) in [7, 11) is 0. The summed E-state index contributed by atoms with van der Waals surface area (Å²) in [5, 5.41) is 0. The van der Waals surface area contributed by atoms with E-state index in [1.165, 1.54) is 38.5 Å². The van der Waals surface area contributed by atoms with Gasteiger partial charge in [-0.15, -0.1) is 0 Å². The minimum absolute atomic E-state index is 0.652. The second-order valence-electron chi connectivity index (χ2n) is 4.12. The first kappa shape index (κ1) is 11.0. The van der Waals surface area contributed by atoms with Crippen molar-refractivity contribution in [2.45, 2.75) is 51.9 Å². The van der Waals surface area contributed by atoms with Crippen molar-refractivity contribution in [1.29, 1.82) is 0 Å². The van der Waals surface area contributed by atoms with E-state index in [1.54, 1.807) is 0 Å². The Bertz CT molecular complexity index is 103. The quantitative estimate of drug-likeness (QED) is 0.540. The van der Waals surface area contributed by atoms with E-state index in [2.05, 4.69) is 6.92 Å². The summed E-state index contributed by atoms with van der Waals surface area (Å²) in [6, 6.07) is 0. The van der Waals surface area contributed by atoms with Crippen LogP contribution < -0.4 is 0 Å². The van der Waals surface area contributed by atoms with Gasteiger partial charge in [-0.2, -0.15) is 0 Å². The highest BCUT2D eigenvalue weighted by molar-refractivity contribution is 4.53. The van der Waals surface area contributed by atoms with E-state index in [0.717, 1.165) is 19.6 Å². The fourth-order valence-electron chi connectivity index (χ4n) is 1.67. The standard InChI is InChI=1S/C11H22O2/c1-11-8-6-4-2-3-5-7-9-12-13-10-11/h11H,2-10H2,1H3. The molecule has 2 nitrogen and oxygen atoms in total. The third-order valence-electron chi connectivity index (χ3n) is 2.61. The predicted octanol–water partition coefficient (Wildman–Crippen LogP) is 3.32. The molecule has 0 aromatic rings. The monoisotopic (exact) mass is 186 g/mol. The van der Waals surface area contributed by atoms with Crippen LogP contribution in [-0.4, -0.2) is 13.2 Å². The van der Waals surface area contributed by atoms with E-state index in [9.17, 15) is 0 Å². The summed E-state index contributed by atoms with van der Waals surface area (Å²) < 4.78 is 0. The van der Waals surface area contributed by atoms with E-state index in [4.69, 9.17) is 9.78 Å². The zero-order chi connectivity index (χ0) is 9.36. The fourth-order valence-corrected chi connectivity index (χ4v) is 1.67. The molecule has 0 aliphatic carbocycles. The highest BCUT2D eigenvalue weighted by atomic mass is 17.2. The molecule has 13 heavy (non-hydrogen) atoms. The Kier molecular flexibility index (Phi) is 6.21. The van der Waals surface area contributed by atoms with Gasteiger partial charge in [-0.3, -0.25) is 0 Å². The lowest BCUT2D eigenvalue weighted by Gasteiger charge is -2.12. The average molecular weight is 186 g/mol. The van der Waals surface area contributed by atoms with Gasteiger partial charge < -0.3 is 0 Å². The van der Waals surface area contributed by atoms with Crippen LogP contribution in [0.3, 0.4) is 0 Å². The van der Waals surface area contributed by atoms with Gasteiger partial charge in [-0.25, -0.2) is 9.78 Å².